The Kier molecular flexibility index (Phi) is 6.78. The lowest BCUT2D eigenvalue weighted by atomic mass is 10.2. The zero-order chi connectivity index (χ0) is 15.1. The first-order valence-electron chi connectivity index (χ1n) is 6.56. The van der Waals surface area contributed by atoms with Crippen molar-refractivity contribution in [3.63, 3.8) is 0 Å². The molecule has 0 unspecified atom stereocenters. The largest absolute Gasteiger partial charge is 0.397 e. The summed E-state index contributed by atoms with van der Waals surface area (Å²) in [6.45, 7) is 2.61. The third-order valence-electron chi connectivity index (χ3n) is 2.94. The Morgan fingerprint density at radius 1 is 1.25 bits per heavy atom. The number of hydrogen-bond donors (Lipinski definition) is 2. The summed E-state index contributed by atoms with van der Waals surface area (Å²) in [5.41, 5.74) is 6.87. The maximum Gasteiger partial charge on any atom is 0.225 e. The fourth-order valence-corrected chi connectivity index (χ4v) is 1.80. The van der Waals surface area contributed by atoms with E-state index in [1.807, 2.05) is 21.1 Å². The van der Waals surface area contributed by atoms with Crippen LogP contribution < -0.4 is 11.1 Å². The first-order valence-corrected chi connectivity index (χ1v) is 6.94. The van der Waals surface area contributed by atoms with Crippen molar-refractivity contribution < 1.29 is 4.79 Å². The summed E-state index contributed by atoms with van der Waals surface area (Å²) in [6.07, 6.45) is 0.426. The molecule has 20 heavy (non-hydrogen) atoms. The van der Waals surface area contributed by atoms with Crippen LogP contribution in [-0.4, -0.2) is 56.5 Å². The lowest BCUT2D eigenvalue weighted by Gasteiger charge is -2.19. The van der Waals surface area contributed by atoms with Gasteiger partial charge in [0.2, 0.25) is 5.91 Å². The van der Waals surface area contributed by atoms with E-state index in [-0.39, 0.29) is 5.91 Å². The molecule has 0 aromatic heterocycles. The standard InChI is InChI=1S/C14H23ClN4O/c1-18(2)8-9-19(3)7-6-14(20)17-13-10-11(15)4-5-12(13)16/h4-5,10H,6-9,16H2,1-3H3,(H,17,20). The van der Waals surface area contributed by atoms with Gasteiger partial charge < -0.3 is 20.9 Å². The van der Waals surface area contributed by atoms with E-state index < -0.39 is 0 Å². The molecular weight excluding hydrogens is 276 g/mol. The molecule has 1 aromatic carbocycles. The molecule has 0 aliphatic rings. The molecule has 6 heteroatoms. The predicted octanol–water partition coefficient (Wildman–Crippen LogP) is 1.74. The summed E-state index contributed by atoms with van der Waals surface area (Å²) in [6, 6.07) is 5.03. The van der Waals surface area contributed by atoms with E-state index in [4.69, 9.17) is 17.3 Å². The van der Waals surface area contributed by atoms with Crippen LogP contribution in [0.3, 0.4) is 0 Å². The summed E-state index contributed by atoms with van der Waals surface area (Å²) >= 11 is 5.88. The molecule has 3 N–H and O–H groups in total. The van der Waals surface area contributed by atoms with Crippen molar-refractivity contribution in [2.45, 2.75) is 6.42 Å². The van der Waals surface area contributed by atoms with Crippen LogP contribution in [0.5, 0.6) is 0 Å². The van der Waals surface area contributed by atoms with Crippen molar-refractivity contribution >= 4 is 28.9 Å². The summed E-state index contributed by atoms with van der Waals surface area (Å²) in [4.78, 5) is 16.1. The van der Waals surface area contributed by atoms with E-state index in [2.05, 4.69) is 15.1 Å². The smallest absolute Gasteiger partial charge is 0.225 e. The lowest BCUT2D eigenvalue weighted by Crippen LogP contribution is -2.31. The van der Waals surface area contributed by atoms with E-state index in [1.165, 1.54) is 0 Å². The highest BCUT2D eigenvalue weighted by Gasteiger charge is 2.08. The average molecular weight is 299 g/mol. The minimum Gasteiger partial charge on any atom is -0.397 e. The van der Waals surface area contributed by atoms with Crippen LogP contribution in [0.4, 0.5) is 11.4 Å². The van der Waals surface area contributed by atoms with Crippen LogP contribution in [0.25, 0.3) is 0 Å². The van der Waals surface area contributed by atoms with Crippen LogP contribution in [0.1, 0.15) is 6.42 Å². The van der Waals surface area contributed by atoms with Gasteiger partial charge in [-0.25, -0.2) is 0 Å². The molecule has 0 spiro atoms. The molecule has 0 atom stereocenters. The van der Waals surface area contributed by atoms with Crippen LogP contribution in [0.2, 0.25) is 5.02 Å². The maximum atomic E-state index is 11.9. The monoisotopic (exact) mass is 298 g/mol. The van der Waals surface area contributed by atoms with Gasteiger partial charge in [-0.15, -0.1) is 0 Å². The van der Waals surface area contributed by atoms with Crippen molar-refractivity contribution in [2.24, 2.45) is 0 Å². The molecule has 0 fully saturated rings. The second-order valence-electron chi connectivity index (χ2n) is 5.14. The van der Waals surface area contributed by atoms with Gasteiger partial charge in [-0.3, -0.25) is 4.79 Å². The number of rotatable bonds is 7. The van der Waals surface area contributed by atoms with Crippen LogP contribution >= 0.6 is 11.6 Å². The van der Waals surface area contributed by atoms with E-state index in [9.17, 15) is 4.79 Å². The van der Waals surface area contributed by atoms with Crippen molar-refractivity contribution in [1.82, 2.24) is 9.80 Å². The second kappa shape index (κ2) is 8.09. The topological polar surface area (TPSA) is 61.6 Å². The quantitative estimate of drug-likeness (QED) is 0.753. The molecule has 1 rings (SSSR count). The Hall–Kier alpha value is -1.30. The Bertz CT molecular complexity index is 451. The second-order valence-corrected chi connectivity index (χ2v) is 5.57. The van der Waals surface area contributed by atoms with Crippen molar-refractivity contribution in [3.8, 4) is 0 Å². The molecule has 112 valence electrons. The van der Waals surface area contributed by atoms with Gasteiger partial charge in [-0.05, 0) is 39.3 Å². The van der Waals surface area contributed by atoms with Gasteiger partial charge in [0.25, 0.3) is 0 Å². The molecule has 0 aliphatic carbocycles. The van der Waals surface area contributed by atoms with Gasteiger partial charge in [-0.2, -0.15) is 0 Å². The Morgan fingerprint density at radius 2 is 1.95 bits per heavy atom. The third kappa shape index (κ3) is 6.23. The first-order chi connectivity index (χ1) is 9.38. The van der Waals surface area contributed by atoms with Crippen molar-refractivity contribution in [3.05, 3.63) is 23.2 Å². The molecule has 0 radical (unpaired) electrons. The number of hydrogen-bond acceptors (Lipinski definition) is 4. The maximum absolute atomic E-state index is 11.9. The number of nitrogens with two attached hydrogens (primary N) is 1. The van der Waals surface area contributed by atoms with E-state index in [1.54, 1.807) is 18.2 Å². The lowest BCUT2D eigenvalue weighted by molar-refractivity contribution is -0.116. The molecule has 1 amide bonds. The number of halogens is 1. The summed E-state index contributed by atoms with van der Waals surface area (Å²) < 4.78 is 0. The highest BCUT2D eigenvalue weighted by atomic mass is 35.5. The molecule has 0 bridgehead atoms. The van der Waals surface area contributed by atoms with Crippen LogP contribution in [0, 0.1) is 0 Å². The van der Waals surface area contributed by atoms with E-state index >= 15 is 0 Å². The highest BCUT2D eigenvalue weighted by molar-refractivity contribution is 6.31. The van der Waals surface area contributed by atoms with Gasteiger partial charge >= 0.3 is 0 Å². The molecule has 0 aliphatic heterocycles. The summed E-state index contributed by atoms with van der Waals surface area (Å²) in [7, 11) is 6.06. The number of carbonyl (C=O) groups is 1. The summed E-state index contributed by atoms with van der Waals surface area (Å²) in [5.74, 6) is -0.0596. The van der Waals surface area contributed by atoms with Gasteiger partial charge in [0, 0.05) is 31.1 Å². The normalized spacial score (nSPS) is 11.1. The van der Waals surface area contributed by atoms with E-state index in [0.717, 1.165) is 13.1 Å². The Morgan fingerprint density at radius 3 is 2.60 bits per heavy atom. The minimum absolute atomic E-state index is 0.0596. The molecular formula is C14H23ClN4O. The van der Waals surface area contributed by atoms with Gasteiger partial charge in [-0.1, -0.05) is 11.6 Å². The fourth-order valence-electron chi connectivity index (χ4n) is 1.62. The van der Waals surface area contributed by atoms with Crippen LogP contribution in [0.15, 0.2) is 18.2 Å². The highest BCUT2D eigenvalue weighted by Crippen LogP contribution is 2.22. The fraction of sp³-hybridized carbons (Fsp3) is 0.500. The number of nitrogens with one attached hydrogen (secondary N) is 1. The molecule has 0 heterocycles. The number of anilines is 2. The third-order valence-corrected chi connectivity index (χ3v) is 3.17. The number of benzene rings is 1. The molecule has 1 aromatic rings. The molecule has 5 nitrogen and oxygen atoms in total. The van der Waals surface area contributed by atoms with Gasteiger partial charge in [0.1, 0.15) is 0 Å². The number of nitrogens with zero attached hydrogens (tertiary/aromatic N) is 2. The molecule has 0 saturated heterocycles. The number of carbonyl (C=O) groups excluding carboxylic acids is 1. The zero-order valence-electron chi connectivity index (χ0n) is 12.3. The summed E-state index contributed by atoms with van der Waals surface area (Å²) in [5, 5.41) is 3.34. The Balaban J connectivity index is 2.38. The Labute approximate surface area is 125 Å². The number of amides is 1. The predicted molar refractivity (Wildman–Crippen MR) is 85.2 cm³/mol. The van der Waals surface area contributed by atoms with Gasteiger partial charge in [0.15, 0.2) is 0 Å². The first kappa shape index (κ1) is 16.8. The van der Waals surface area contributed by atoms with Crippen molar-refractivity contribution in [2.75, 3.05) is 51.8 Å². The average Bonchev–Trinajstić information content (AvgIpc) is 2.38. The van der Waals surface area contributed by atoms with E-state index in [0.29, 0.717) is 29.4 Å². The number of likely N-dealkylation sites (N-methyl/N-ethyl adjacent to an activating group) is 2. The van der Waals surface area contributed by atoms with Crippen molar-refractivity contribution in [1.29, 1.82) is 0 Å². The SMILES string of the molecule is CN(C)CCN(C)CCC(=O)Nc1cc(Cl)ccc1N. The van der Waals surface area contributed by atoms with Crippen LogP contribution in [-0.2, 0) is 4.79 Å². The minimum atomic E-state index is -0.0596. The number of nitrogen functional groups attached to an aromatic ring is 1. The molecule has 0 saturated carbocycles. The zero-order valence-corrected chi connectivity index (χ0v) is 13.1. The van der Waals surface area contributed by atoms with Gasteiger partial charge in [0.05, 0.1) is 11.4 Å².